The molecule has 9 aromatic carbocycles. The molecule has 0 aliphatic rings. The van der Waals surface area contributed by atoms with Crippen LogP contribution in [-0.4, -0.2) is 0 Å². The Labute approximate surface area is 314 Å². The van der Waals surface area contributed by atoms with Crippen LogP contribution in [0.3, 0.4) is 0 Å². The van der Waals surface area contributed by atoms with E-state index in [1.165, 1.54) is 33.0 Å². The number of fused-ring (bicyclic) bond motifs is 4. The maximum Gasteiger partial charge on any atom is 0.137 e. The van der Waals surface area contributed by atoms with Crippen LogP contribution < -0.4 is 4.90 Å². The lowest BCUT2D eigenvalue weighted by atomic mass is 9.89. The van der Waals surface area contributed by atoms with Crippen molar-refractivity contribution in [1.29, 1.82) is 0 Å². The number of nitrogens with zero attached hydrogens (tertiary/aromatic N) is 1. The van der Waals surface area contributed by atoms with Crippen LogP contribution in [0.15, 0.2) is 217 Å². The zero-order chi connectivity index (χ0) is 35.8. The summed E-state index contributed by atoms with van der Waals surface area (Å²) in [6.45, 7) is 0. The first kappa shape index (κ1) is 31.6. The fourth-order valence-electron chi connectivity index (χ4n) is 7.89. The molecule has 0 spiro atoms. The van der Waals surface area contributed by atoms with Crippen molar-refractivity contribution in [2.75, 3.05) is 4.90 Å². The summed E-state index contributed by atoms with van der Waals surface area (Å²) in [5, 5.41) is 4.71. The van der Waals surface area contributed by atoms with Crippen LogP contribution in [0.5, 0.6) is 0 Å². The third kappa shape index (κ3) is 5.62. The smallest absolute Gasteiger partial charge is 0.137 e. The lowest BCUT2D eigenvalue weighted by Gasteiger charge is -2.29. The quantitative estimate of drug-likeness (QED) is 0.166. The van der Waals surface area contributed by atoms with Crippen LogP contribution >= 0.6 is 0 Å². The van der Waals surface area contributed by atoms with E-state index >= 15 is 0 Å². The molecule has 0 bridgehead atoms. The Morgan fingerprint density at radius 2 is 0.870 bits per heavy atom. The molecule has 10 aromatic rings. The van der Waals surface area contributed by atoms with Crippen LogP contribution in [0.25, 0.3) is 77.2 Å². The zero-order valence-electron chi connectivity index (χ0n) is 29.6. The standard InChI is InChI=1S/C52H35NO/c1-4-14-36(15-5-1)41-27-31-44(37-16-6-2-7-17-37)49(34-41)53(43-30-33-48-47-22-12-13-23-50(47)54-51(48)35-43)42-28-24-39(25-29-42)46-32-26-38-18-10-11-21-45(38)52(46)40-19-8-3-9-20-40/h1-35H. The Hall–Kier alpha value is -7.16. The largest absolute Gasteiger partial charge is 0.456 e. The molecule has 2 nitrogen and oxygen atoms in total. The topological polar surface area (TPSA) is 16.4 Å². The van der Waals surface area contributed by atoms with Gasteiger partial charge < -0.3 is 9.32 Å². The summed E-state index contributed by atoms with van der Waals surface area (Å²) < 4.78 is 6.46. The van der Waals surface area contributed by atoms with Gasteiger partial charge in [0.1, 0.15) is 11.2 Å². The number of furan rings is 1. The van der Waals surface area contributed by atoms with E-state index in [2.05, 4.69) is 205 Å². The van der Waals surface area contributed by atoms with Crippen molar-refractivity contribution in [2.24, 2.45) is 0 Å². The van der Waals surface area contributed by atoms with E-state index in [-0.39, 0.29) is 0 Å². The molecule has 10 rings (SSSR count). The van der Waals surface area contributed by atoms with E-state index in [0.717, 1.165) is 61.3 Å². The van der Waals surface area contributed by atoms with Gasteiger partial charge in [-0.1, -0.05) is 170 Å². The minimum Gasteiger partial charge on any atom is -0.456 e. The molecule has 2 heteroatoms. The lowest BCUT2D eigenvalue weighted by Crippen LogP contribution is -2.11. The molecule has 0 saturated heterocycles. The van der Waals surface area contributed by atoms with Gasteiger partial charge in [-0.05, 0) is 86.1 Å². The number of hydrogen-bond acceptors (Lipinski definition) is 2. The highest BCUT2D eigenvalue weighted by molar-refractivity contribution is 6.07. The van der Waals surface area contributed by atoms with Gasteiger partial charge in [0.05, 0.1) is 5.69 Å². The molecule has 0 N–H and O–H groups in total. The molecule has 0 aliphatic heterocycles. The van der Waals surface area contributed by atoms with Crippen molar-refractivity contribution < 1.29 is 4.42 Å². The van der Waals surface area contributed by atoms with E-state index < -0.39 is 0 Å². The number of anilines is 3. The molecule has 254 valence electrons. The summed E-state index contributed by atoms with van der Waals surface area (Å²) in [6, 6.07) is 75.9. The van der Waals surface area contributed by atoms with Gasteiger partial charge in [-0.15, -0.1) is 0 Å². The third-order valence-corrected chi connectivity index (χ3v) is 10.5. The molecule has 0 saturated carbocycles. The number of rotatable bonds is 7. The normalized spacial score (nSPS) is 11.3. The van der Waals surface area contributed by atoms with E-state index in [1.54, 1.807) is 0 Å². The fourth-order valence-corrected chi connectivity index (χ4v) is 7.89. The zero-order valence-corrected chi connectivity index (χ0v) is 29.6. The van der Waals surface area contributed by atoms with Crippen LogP contribution in [0.4, 0.5) is 17.1 Å². The van der Waals surface area contributed by atoms with E-state index in [1.807, 2.05) is 12.1 Å². The molecule has 0 amide bonds. The Bertz CT molecular complexity index is 2910. The Morgan fingerprint density at radius 1 is 0.315 bits per heavy atom. The second-order valence-electron chi connectivity index (χ2n) is 13.7. The summed E-state index contributed by atoms with van der Waals surface area (Å²) in [6.07, 6.45) is 0. The Morgan fingerprint density at radius 3 is 1.63 bits per heavy atom. The highest BCUT2D eigenvalue weighted by atomic mass is 16.3. The average Bonchev–Trinajstić information content (AvgIpc) is 3.62. The average molecular weight is 690 g/mol. The number of benzene rings is 9. The maximum atomic E-state index is 6.46. The van der Waals surface area contributed by atoms with Gasteiger partial charge in [-0.25, -0.2) is 0 Å². The monoisotopic (exact) mass is 689 g/mol. The van der Waals surface area contributed by atoms with Crippen molar-refractivity contribution >= 4 is 49.8 Å². The first-order valence-corrected chi connectivity index (χ1v) is 18.4. The molecule has 1 aromatic heterocycles. The molecule has 0 radical (unpaired) electrons. The predicted octanol–water partition coefficient (Wildman–Crippen LogP) is 14.9. The molecular formula is C52H35NO. The van der Waals surface area contributed by atoms with Crippen molar-refractivity contribution in [3.05, 3.63) is 212 Å². The van der Waals surface area contributed by atoms with E-state index in [4.69, 9.17) is 4.42 Å². The molecule has 0 fully saturated rings. The van der Waals surface area contributed by atoms with Gasteiger partial charge in [0.2, 0.25) is 0 Å². The fraction of sp³-hybridized carbons (Fsp3) is 0. The van der Waals surface area contributed by atoms with Crippen LogP contribution in [0.1, 0.15) is 0 Å². The van der Waals surface area contributed by atoms with Crippen molar-refractivity contribution in [2.45, 2.75) is 0 Å². The SMILES string of the molecule is c1ccc(-c2ccc(-c3ccccc3)c(N(c3ccc(-c4ccc5ccccc5c4-c4ccccc4)cc3)c3ccc4c(c3)oc3ccccc34)c2)cc1. The van der Waals surface area contributed by atoms with Crippen molar-refractivity contribution in [3.63, 3.8) is 0 Å². The second kappa shape index (κ2) is 13.4. The summed E-state index contributed by atoms with van der Waals surface area (Å²) >= 11 is 0. The summed E-state index contributed by atoms with van der Waals surface area (Å²) in [7, 11) is 0. The molecule has 0 atom stereocenters. The molecule has 54 heavy (non-hydrogen) atoms. The first-order chi connectivity index (χ1) is 26.8. The van der Waals surface area contributed by atoms with E-state index in [9.17, 15) is 0 Å². The lowest BCUT2D eigenvalue weighted by molar-refractivity contribution is 0.669. The third-order valence-electron chi connectivity index (χ3n) is 10.5. The van der Waals surface area contributed by atoms with Gasteiger partial charge in [-0.3, -0.25) is 0 Å². The number of hydrogen-bond donors (Lipinski definition) is 0. The number of para-hydroxylation sites is 1. The summed E-state index contributed by atoms with van der Waals surface area (Å²) in [5.41, 5.74) is 14.4. The first-order valence-electron chi connectivity index (χ1n) is 18.4. The van der Waals surface area contributed by atoms with Crippen LogP contribution in [0.2, 0.25) is 0 Å². The van der Waals surface area contributed by atoms with Gasteiger partial charge >= 0.3 is 0 Å². The predicted molar refractivity (Wildman–Crippen MR) is 228 cm³/mol. The van der Waals surface area contributed by atoms with Crippen molar-refractivity contribution in [1.82, 2.24) is 0 Å². The highest BCUT2D eigenvalue weighted by Gasteiger charge is 2.21. The summed E-state index contributed by atoms with van der Waals surface area (Å²) in [5.74, 6) is 0. The van der Waals surface area contributed by atoms with Crippen LogP contribution in [0, 0.1) is 0 Å². The Balaban J connectivity index is 1.19. The Kier molecular flexibility index (Phi) is 7.85. The van der Waals surface area contributed by atoms with E-state index in [0.29, 0.717) is 0 Å². The molecule has 1 heterocycles. The van der Waals surface area contributed by atoms with Gasteiger partial charge in [0.15, 0.2) is 0 Å². The van der Waals surface area contributed by atoms with Crippen molar-refractivity contribution in [3.8, 4) is 44.5 Å². The van der Waals surface area contributed by atoms with Gasteiger partial charge in [0.25, 0.3) is 0 Å². The molecule has 0 unspecified atom stereocenters. The minimum absolute atomic E-state index is 0.861. The van der Waals surface area contributed by atoms with Crippen LogP contribution in [-0.2, 0) is 0 Å². The molecule has 0 aliphatic carbocycles. The molecular weight excluding hydrogens is 655 g/mol. The van der Waals surface area contributed by atoms with Gasteiger partial charge in [-0.2, -0.15) is 0 Å². The van der Waals surface area contributed by atoms with Gasteiger partial charge in [0, 0.05) is 33.8 Å². The minimum atomic E-state index is 0.861. The summed E-state index contributed by atoms with van der Waals surface area (Å²) in [4.78, 5) is 2.38. The second-order valence-corrected chi connectivity index (χ2v) is 13.7. The highest BCUT2D eigenvalue weighted by Crippen LogP contribution is 2.45. The maximum absolute atomic E-state index is 6.46.